The first-order valence-corrected chi connectivity index (χ1v) is 9.04. The number of halogens is 1. The first-order chi connectivity index (χ1) is 11.1. The molecule has 1 N–H and O–H groups in total. The fourth-order valence-corrected chi connectivity index (χ4v) is 3.74. The third kappa shape index (κ3) is 4.68. The summed E-state index contributed by atoms with van der Waals surface area (Å²) in [4.78, 5) is 16.7. The van der Waals surface area contributed by atoms with E-state index in [1.54, 1.807) is 18.3 Å². The number of Topliss-reactive ketones (excluding diaryl/α,β-unsaturated/α-hetero) is 1. The number of aromatic nitrogens is 1. The molecule has 1 aliphatic carbocycles. The molecule has 0 amide bonds. The molecule has 0 spiro atoms. The summed E-state index contributed by atoms with van der Waals surface area (Å²) >= 11 is 7.11. The van der Waals surface area contributed by atoms with Crippen LogP contribution in [0.1, 0.15) is 25.7 Å². The molecule has 2 heterocycles. The molecule has 1 aromatic heterocycles. The second-order valence-corrected chi connectivity index (χ2v) is 7.30. The fraction of sp³-hybridized carbons (Fsp3) is 0.562. The van der Waals surface area contributed by atoms with Gasteiger partial charge in [0, 0.05) is 37.3 Å². The summed E-state index contributed by atoms with van der Waals surface area (Å²) in [5, 5.41) is 8.98. The van der Waals surface area contributed by atoms with Crippen LogP contribution in [0.5, 0.6) is 5.75 Å². The van der Waals surface area contributed by atoms with Crippen molar-refractivity contribution in [2.24, 2.45) is 11.8 Å². The van der Waals surface area contributed by atoms with E-state index in [1.165, 1.54) is 11.8 Å². The number of ether oxygens (including phenoxy) is 2. The molecule has 1 saturated carbocycles. The quantitative estimate of drug-likeness (QED) is 0.366. The van der Waals surface area contributed by atoms with Gasteiger partial charge in [-0.05, 0) is 31.7 Å². The molecule has 0 radical (unpaired) electrons. The number of ketones is 1. The van der Waals surface area contributed by atoms with Crippen molar-refractivity contribution in [3.63, 3.8) is 0 Å². The number of hydrogen-bond acceptors (Lipinski definition) is 6. The Morgan fingerprint density at radius 3 is 2.74 bits per heavy atom. The highest BCUT2D eigenvalue weighted by Crippen LogP contribution is 2.37. The molecular formula is C16H19ClN2O3S. The van der Waals surface area contributed by atoms with Gasteiger partial charge in [0.2, 0.25) is 5.44 Å². The summed E-state index contributed by atoms with van der Waals surface area (Å²) < 4.78 is 11.2. The summed E-state index contributed by atoms with van der Waals surface area (Å²) in [6.07, 6.45) is 5.04. The van der Waals surface area contributed by atoms with E-state index in [2.05, 4.69) is 4.98 Å². The number of pyridine rings is 1. The van der Waals surface area contributed by atoms with E-state index in [1.807, 2.05) is 0 Å². The van der Waals surface area contributed by atoms with Crippen LogP contribution < -0.4 is 4.74 Å². The molecule has 0 aromatic carbocycles. The Kier molecular flexibility index (Phi) is 5.56. The lowest BCUT2D eigenvalue weighted by Crippen LogP contribution is -2.34. The van der Waals surface area contributed by atoms with Gasteiger partial charge in [0.05, 0.1) is 5.04 Å². The highest BCUT2D eigenvalue weighted by molar-refractivity contribution is 8.14. The maximum atomic E-state index is 12.8. The summed E-state index contributed by atoms with van der Waals surface area (Å²) in [6.45, 7) is 1.21. The third-order valence-electron chi connectivity index (χ3n) is 3.98. The lowest BCUT2D eigenvalue weighted by molar-refractivity contribution is -0.129. The molecule has 2 fully saturated rings. The SMILES string of the molecule is N=C(SC(Oc1ccnc(Cl)c1)C(=O)C1CCOCC1)C1CC1. The second kappa shape index (κ2) is 7.64. The van der Waals surface area contributed by atoms with Gasteiger partial charge in [0.15, 0.2) is 5.78 Å². The first-order valence-electron chi connectivity index (χ1n) is 7.78. The molecule has 23 heavy (non-hydrogen) atoms. The van der Waals surface area contributed by atoms with Crippen LogP contribution in [-0.2, 0) is 9.53 Å². The number of carbonyl (C=O) groups excluding carboxylic acids is 1. The van der Waals surface area contributed by atoms with Gasteiger partial charge in [-0.1, -0.05) is 23.4 Å². The Morgan fingerprint density at radius 1 is 1.35 bits per heavy atom. The van der Waals surface area contributed by atoms with Crippen molar-refractivity contribution in [2.75, 3.05) is 13.2 Å². The normalized spacial score (nSPS) is 20.0. The molecule has 5 nitrogen and oxygen atoms in total. The molecule has 124 valence electrons. The van der Waals surface area contributed by atoms with Gasteiger partial charge in [0.1, 0.15) is 10.9 Å². The van der Waals surface area contributed by atoms with Crippen molar-refractivity contribution in [2.45, 2.75) is 31.1 Å². The Labute approximate surface area is 144 Å². The Hall–Kier alpha value is -1.11. The standard InChI is InChI=1S/C16H19ClN2O3S/c17-13-9-12(3-6-19-13)22-16(23-15(18)11-1-2-11)14(20)10-4-7-21-8-5-10/h3,6,9-11,16,18H,1-2,4-5,7-8H2. The van der Waals surface area contributed by atoms with Crippen LogP contribution in [0.2, 0.25) is 5.15 Å². The molecule has 1 saturated heterocycles. The Bertz CT molecular complexity index is 588. The zero-order valence-electron chi connectivity index (χ0n) is 12.7. The van der Waals surface area contributed by atoms with Gasteiger partial charge in [-0.2, -0.15) is 0 Å². The van der Waals surface area contributed by atoms with Gasteiger partial charge < -0.3 is 9.47 Å². The average molecular weight is 355 g/mol. The first kappa shape index (κ1) is 16.7. The van der Waals surface area contributed by atoms with Gasteiger partial charge >= 0.3 is 0 Å². The van der Waals surface area contributed by atoms with E-state index in [4.69, 9.17) is 26.5 Å². The lowest BCUT2D eigenvalue weighted by atomic mass is 9.96. The van der Waals surface area contributed by atoms with E-state index < -0.39 is 5.44 Å². The minimum Gasteiger partial charge on any atom is -0.471 e. The van der Waals surface area contributed by atoms with Crippen LogP contribution in [0.15, 0.2) is 18.3 Å². The van der Waals surface area contributed by atoms with Crippen LogP contribution in [0.4, 0.5) is 0 Å². The molecule has 3 rings (SSSR count). The van der Waals surface area contributed by atoms with Gasteiger partial charge in [-0.3, -0.25) is 10.2 Å². The van der Waals surface area contributed by atoms with E-state index >= 15 is 0 Å². The Morgan fingerprint density at radius 2 is 2.09 bits per heavy atom. The summed E-state index contributed by atoms with van der Waals surface area (Å²) in [5.74, 6) is 0.781. The zero-order valence-corrected chi connectivity index (χ0v) is 14.2. The number of nitrogens with zero attached hydrogens (tertiary/aromatic N) is 1. The molecule has 1 unspecified atom stereocenters. The van der Waals surface area contributed by atoms with Gasteiger partial charge in [-0.15, -0.1) is 0 Å². The number of rotatable bonds is 6. The van der Waals surface area contributed by atoms with Crippen molar-refractivity contribution in [3.8, 4) is 5.75 Å². The number of hydrogen-bond donors (Lipinski definition) is 1. The van der Waals surface area contributed by atoms with Crippen molar-refractivity contribution in [3.05, 3.63) is 23.5 Å². The summed E-state index contributed by atoms with van der Waals surface area (Å²) in [5.41, 5.74) is -0.704. The predicted octanol–water partition coefficient (Wildman–Crippen LogP) is 3.56. The van der Waals surface area contributed by atoms with Gasteiger partial charge in [-0.25, -0.2) is 4.98 Å². The fourth-order valence-electron chi connectivity index (χ4n) is 2.45. The molecule has 2 aliphatic rings. The predicted molar refractivity (Wildman–Crippen MR) is 90.3 cm³/mol. The largest absolute Gasteiger partial charge is 0.471 e. The van der Waals surface area contributed by atoms with Gasteiger partial charge in [0.25, 0.3) is 0 Å². The van der Waals surface area contributed by atoms with Crippen molar-refractivity contribution in [1.29, 1.82) is 5.41 Å². The molecule has 0 bridgehead atoms. The van der Waals surface area contributed by atoms with E-state index in [-0.39, 0.29) is 11.7 Å². The Balaban J connectivity index is 1.71. The minimum absolute atomic E-state index is 0.0386. The smallest absolute Gasteiger partial charge is 0.208 e. The van der Waals surface area contributed by atoms with Crippen molar-refractivity contribution in [1.82, 2.24) is 4.98 Å². The maximum Gasteiger partial charge on any atom is 0.208 e. The molecule has 7 heteroatoms. The molecular weight excluding hydrogens is 336 g/mol. The van der Waals surface area contributed by atoms with E-state index in [0.29, 0.717) is 47.9 Å². The highest BCUT2D eigenvalue weighted by Gasteiger charge is 2.35. The van der Waals surface area contributed by atoms with Crippen molar-refractivity contribution >= 4 is 34.2 Å². The zero-order chi connectivity index (χ0) is 16.2. The highest BCUT2D eigenvalue weighted by atomic mass is 35.5. The van der Waals surface area contributed by atoms with Crippen LogP contribution in [-0.4, -0.2) is 34.5 Å². The topological polar surface area (TPSA) is 72.3 Å². The monoisotopic (exact) mass is 354 g/mol. The molecule has 1 atom stereocenters. The van der Waals surface area contributed by atoms with E-state index in [9.17, 15) is 4.79 Å². The average Bonchev–Trinajstić information content (AvgIpc) is 3.39. The number of thioether (sulfide) groups is 1. The van der Waals surface area contributed by atoms with E-state index in [0.717, 1.165) is 12.8 Å². The van der Waals surface area contributed by atoms with Crippen LogP contribution in [0, 0.1) is 17.2 Å². The second-order valence-electron chi connectivity index (χ2n) is 5.81. The number of nitrogens with one attached hydrogen (secondary N) is 1. The summed E-state index contributed by atoms with van der Waals surface area (Å²) in [7, 11) is 0. The minimum atomic E-state index is -0.704. The molecule has 1 aromatic rings. The number of carbonyl (C=O) groups is 1. The lowest BCUT2D eigenvalue weighted by Gasteiger charge is -2.25. The van der Waals surface area contributed by atoms with Crippen LogP contribution in [0.3, 0.4) is 0 Å². The summed E-state index contributed by atoms with van der Waals surface area (Å²) in [6, 6.07) is 3.27. The van der Waals surface area contributed by atoms with Crippen molar-refractivity contribution < 1.29 is 14.3 Å². The van der Waals surface area contributed by atoms with Crippen LogP contribution >= 0.6 is 23.4 Å². The molecule has 1 aliphatic heterocycles. The maximum absolute atomic E-state index is 12.8. The van der Waals surface area contributed by atoms with Crippen LogP contribution in [0.25, 0.3) is 0 Å². The third-order valence-corrected chi connectivity index (χ3v) is 5.32.